The molecule has 0 fully saturated rings. The SMILES string of the molecule is CC(C)(CCCBr)CNC(=O)COc1ccccc1. The van der Waals surface area contributed by atoms with Gasteiger partial charge in [-0.15, -0.1) is 0 Å². The number of hydrogen-bond donors (Lipinski definition) is 1. The van der Waals surface area contributed by atoms with Crippen molar-refractivity contribution in [1.82, 2.24) is 5.32 Å². The van der Waals surface area contributed by atoms with Gasteiger partial charge in [-0.05, 0) is 30.4 Å². The van der Waals surface area contributed by atoms with Crippen LogP contribution in [-0.4, -0.2) is 24.4 Å². The van der Waals surface area contributed by atoms with Crippen LogP contribution in [0.5, 0.6) is 5.75 Å². The molecule has 0 aromatic heterocycles. The lowest BCUT2D eigenvalue weighted by Crippen LogP contribution is -2.36. The van der Waals surface area contributed by atoms with Crippen LogP contribution in [-0.2, 0) is 4.79 Å². The van der Waals surface area contributed by atoms with Crippen molar-refractivity contribution in [3.63, 3.8) is 0 Å². The summed E-state index contributed by atoms with van der Waals surface area (Å²) in [5.41, 5.74) is 0.121. The first kappa shape index (κ1) is 16.0. The monoisotopic (exact) mass is 327 g/mol. The minimum atomic E-state index is -0.0734. The highest BCUT2D eigenvalue weighted by Crippen LogP contribution is 2.21. The van der Waals surface area contributed by atoms with Crippen LogP contribution in [0.15, 0.2) is 30.3 Å². The molecule has 3 nitrogen and oxygen atoms in total. The number of carbonyl (C=O) groups is 1. The second kappa shape index (κ2) is 8.20. The number of benzene rings is 1. The Balaban J connectivity index is 2.24. The van der Waals surface area contributed by atoms with Gasteiger partial charge in [0.05, 0.1) is 0 Å². The second-order valence-corrected chi connectivity index (χ2v) is 6.13. The van der Waals surface area contributed by atoms with Crippen molar-refractivity contribution in [2.45, 2.75) is 26.7 Å². The summed E-state index contributed by atoms with van der Waals surface area (Å²) in [5, 5.41) is 3.92. The van der Waals surface area contributed by atoms with Gasteiger partial charge in [0.25, 0.3) is 5.91 Å². The minimum Gasteiger partial charge on any atom is -0.484 e. The molecule has 1 N–H and O–H groups in total. The van der Waals surface area contributed by atoms with E-state index in [1.165, 1.54) is 0 Å². The number of hydrogen-bond acceptors (Lipinski definition) is 2. The van der Waals surface area contributed by atoms with Crippen molar-refractivity contribution in [2.24, 2.45) is 5.41 Å². The van der Waals surface area contributed by atoms with Crippen LogP contribution in [0.1, 0.15) is 26.7 Å². The number of ether oxygens (including phenoxy) is 1. The maximum Gasteiger partial charge on any atom is 0.257 e. The maximum absolute atomic E-state index is 11.7. The Morgan fingerprint density at radius 3 is 2.63 bits per heavy atom. The van der Waals surface area contributed by atoms with Gasteiger partial charge in [-0.3, -0.25) is 4.79 Å². The van der Waals surface area contributed by atoms with E-state index in [0.29, 0.717) is 6.54 Å². The van der Waals surface area contributed by atoms with Gasteiger partial charge in [0.2, 0.25) is 0 Å². The molecule has 0 saturated carbocycles. The van der Waals surface area contributed by atoms with Crippen molar-refractivity contribution in [3.05, 3.63) is 30.3 Å². The molecule has 0 heterocycles. The van der Waals surface area contributed by atoms with Gasteiger partial charge >= 0.3 is 0 Å². The number of rotatable bonds is 8. The Bertz CT molecular complexity index is 379. The number of amides is 1. The summed E-state index contributed by atoms with van der Waals surface area (Å²) in [6.45, 7) is 5.07. The number of carbonyl (C=O) groups excluding carboxylic acids is 1. The molecule has 1 aromatic rings. The van der Waals surface area contributed by atoms with Gasteiger partial charge in [-0.25, -0.2) is 0 Å². The highest BCUT2D eigenvalue weighted by atomic mass is 79.9. The van der Waals surface area contributed by atoms with Crippen molar-refractivity contribution in [1.29, 1.82) is 0 Å². The molecule has 0 unspecified atom stereocenters. The zero-order chi connectivity index (χ0) is 14.1. The molecule has 0 aliphatic heterocycles. The molecule has 0 saturated heterocycles. The lowest BCUT2D eigenvalue weighted by Gasteiger charge is -2.24. The molecule has 1 rings (SSSR count). The quantitative estimate of drug-likeness (QED) is 0.743. The van der Waals surface area contributed by atoms with Crippen LogP contribution in [0.3, 0.4) is 0 Å². The molecule has 1 aromatic carbocycles. The Kier molecular flexibility index (Phi) is 6.92. The van der Waals surface area contributed by atoms with E-state index in [0.717, 1.165) is 23.9 Å². The Morgan fingerprint density at radius 1 is 1.32 bits per heavy atom. The van der Waals surface area contributed by atoms with Crippen LogP contribution < -0.4 is 10.1 Å². The molecule has 0 aliphatic carbocycles. The molecule has 0 atom stereocenters. The molecule has 4 heteroatoms. The molecule has 0 spiro atoms. The summed E-state index contributed by atoms with van der Waals surface area (Å²) in [4.78, 5) is 11.7. The standard InChI is InChI=1S/C15H22BrNO2/c1-15(2,9-6-10-16)12-17-14(18)11-19-13-7-4-3-5-8-13/h3-5,7-8H,6,9-12H2,1-2H3,(H,17,18). The third-order valence-corrected chi connectivity index (χ3v) is 3.43. The lowest BCUT2D eigenvalue weighted by molar-refractivity contribution is -0.123. The largest absolute Gasteiger partial charge is 0.484 e. The van der Waals surface area contributed by atoms with E-state index in [2.05, 4.69) is 35.1 Å². The zero-order valence-corrected chi connectivity index (χ0v) is 13.2. The fourth-order valence-corrected chi connectivity index (χ4v) is 1.97. The van der Waals surface area contributed by atoms with E-state index in [1.54, 1.807) is 0 Å². The summed E-state index contributed by atoms with van der Waals surface area (Å²) < 4.78 is 5.39. The first-order chi connectivity index (χ1) is 9.03. The van der Waals surface area contributed by atoms with Crippen molar-refractivity contribution in [3.8, 4) is 5.75 Å². The maximum atomic E-state index is 11.7. The minimum absolute atomic E-state index is 0.0680. The van der Waals surface area contributed by atoms with E-state index in [-0.39, 0.29) is 17.9 Å². The van der Waals surface area contributed by atoms with Gasteiger partial charge < -0.3 is 10.1 Å². The van der Waals surface area contributed by atoms with E-state index >= 15 is 0 Å². The van der Waals surface area contributed by atoms with Gasteiger partial charge in [-0.2, -0.15) is 0 Å². The van der Waals surface area contributed by atoms with E-state index < -0.39 is 0 Å². The molecule has 1 amide bonds. The van der Waals surface area contributed by atoms with Crippen LogP contribution in [0.2, 0.25) is 0 Å². The fourth-order valence-electron chi connectivity index (χ4n) is 1.69. The number of nitrogens with one attached hydrogen (secondary N) is 1. The number of alkyl halides is 1. The van der Waals surface area contributed by atoms with Crippen LogP contribution in [0.4, 0.5) is 0 Å². The van der Waals surface area contributed by atoms with Gasteiger partial charge in [0.15, 0.2) is 6.61 Å². The average molecular weight is 328 g/mol. The Hall–Kier alpha value is -1.03. The highest BCUT2D eigenvalue weighted by molar-refractivity contribution is 9.09. The molecule has 0 aliphatic rings. The first-order valence-corrected chi connectivity index (χ1v) is 7.66. The normalized spacial score (nSPS) is 11.1. The average Bonchev–Trinajstić information content (AvgIpc) is 2.42. The topological polar surface area (TPSA) is 38.3 Å². The van der Waals surface area contributed by atoms with Gasteiger partial charge in [0, 0.05) is 11.9 Å². The van der Waals surface area contributed by atoms with Crippen LogP contribution in [0, 0.1) is 5.41 Å². The summed E-state index contributed by atoms with van der Waals surface area (Å²) in [6.07, 6.45) is 2.20. The third kappa shape index (κ3) is 7.21. The van der Waals surface area contributed by atoms with E-state index in [4.69, 9.17) is 4.74 Å². The number of halogens is 1. The Labute approximate surface area is 123 Å². The second-order valence-electron chi connectivity index (χ2n) is 5.34. The molecule has 106 valence electrons. The van der Waals surface area contributed by atoms with Crippen molar-refractivity contribution in [2.75, 3.05) is 18.5 Å². The molecule has 0 radical (unpaired) electrons. The highest BCUT2D eigenvalue weighted by Gasteiger charge is 2.18. The third-order valence-electron chi connectivity index (χ3n) is 2.86. The van der Waals surface area contributed by atoms with E-state index in [9.17, 15) is 4.79 Å². The summed E-state index contributed by atoms with van der Waals surface area (Å²) >= 11 is 3.43. The Morgan fingerprint density at radius 2 is 2.00 bits per heavy atom. The molecule has 0 bridgehead atoms. The van der Waals surface area contributed by atoms with Crippen LogP contribution >= 0.6 is 15.9 Å². The predicted octanol–water partition coefficient (Wildman–Crippen LogP) is 3.38. The molecular formula is C15H22BrNO2. The fraction of sp³-hybridized carbons (Fsp3) is 0.533. The smallest absolute Gasteiger partial charge is 0.257 e. The number of para-hydroxylation sites is 1. The van der Waals surface area contributed by atoms with Gasteiger partial charge in [-0.1, -0.05) is 48.0 Å². The lowest BCUT2D eigenvalue weighted by atomic mass is 9.88. The predicted molar refractivity (Wildman–Crippen MR) is 81.8 cm³/mol. The summed E-state index contributed by atoms with van der Waals surface area (Å²) in [7, 11) is 0. The van der Waals surface area contributed by atoms with Crippen molar-refractivity contribution < 1.29 is 9.53 Å². The first-order valence-electron chi connectivity index (χ1n) is 6.54. The van der Waals surface area contributed by atoms with Crippen molar-refractivity contribution >= 4 is 21.8 Å². The van der Waals surface area contributed by atoms with Gasteiger partial charge in [0.1, 0.15) is 5.75 Å². The summed E-state index contributed by atoms with van der Waals surface area (Å²) in [5.74, 6) is 0.645. The zero-order valence-electron chi connectivity index (χ0n) is 11.6. The van der Waals surface area contributed by atoms with Crippen LogP contribution in [0.25, 0.3) is 0 Å². The molecular weight excluding hydrogens is 306 g/mol. The summed E-state index contributed by atoms with van der Waals surface area (Å²) in [6, 6.07) is 9.37. The van der Waals surface area contributed by atoms with E-state index in [1.807, 2.05) is 30.3 Å². The molecule has 19 heavy (non-hydrogen) atoms.